The maximum Gasteiger partial charge on any atom is 0.203 e. The number of nitrogens with one attached hydrogen (secondary N) is 1. The molecule has 0 amide bonds. The Hall–Kier alpha value is -2.94. The van der Waals surface area contributed by atoms with E-state index in [1.54, 1.807) is 51.9 Å². The van der Waals surface area contributed by atoms with Crippen molar-refractivity contribution >= 4 is 11.4 Å². The number of nitrogens with zero attached hydrogens (tertiary/aromatic N) is 2. The zero-order valence-electron chi connectivity index (χ0n) is 12.0. The average Bonchev–Trinajstić information content (AvgIpc) is 2.54. The van der Waals surface area contributed by atoms with Gasteiger partial charge in [-0.25, -0.2) is 0 Å². The van der Waals surface area contributed by atoms with E-state index in [1.807, 2.05) is 0 Å². The summed E-state index contributed by atoms with van der Waals surface area (Å²) in [5.74, 6) is 1.57. The SMILES string of the molecule is COc1cc(Nc2cnccc2C#N)cc(OC)c1OC. The number of anilines is 2. The van der Waals surface area contributed by atoms with Gasteiger partial charge in [0.25, 0.3) is 0 Å². The molecule has 6 nitrogen and oxygen atoms in total. The molecule has 6 heteroatoms. The first-order valence-corrected chi connectivity index (χ1v) is 6.14. The molecule has 0 aliphatic carbocycles. The van der Waals surface area contributed by atoms with Gasteiger partial charge >= 0.3 is 0 Å². The number of benzene rings is 1. The molecule has 1 aromatic heterocycles. The third-order valence-electron chi connectivity index (χ3n) is 2.89. The Labute approximate surface area is 122 Å². The number of hydrogen-bond donors (Lipinski definition) is 1. The van der Waals surface area contributed by atoms with Crippen LogP contribution in [0.25, 0.3) is 0 Å². The molecular weight excluding hydrogens is 270 g/mol. The van der Waals surface area contributed by atoms with Crippen LogP contribution < -0.4 is 19.5 Å². The van der Waals surface area contributed by atoms with Crippen LogP contribution in [0.3, 0.4) is 0 Å². The van der Waals surface area contributed by atoms with Crippen molar-refractivity contribution in [3.63, 3.8) is 0 Å². The summed E-state index contributed by atoms with van der Waals surface area (Å²) in [4.78, 5) is 4.01. The molecule has 0 aliphatic heterocycles. The van der Waals surface area contributed by atoms with Gasteiger partial charge in [-0.15, -0.1) is 0 Å². The molecule has 0 unspecified atom stereocenters. The van der Waals surface area contributed by atoms with E-state index in [2.05, 4.69) is 16.4 Å². The molecule has 2 aromatic rings. The second kappa shape index (κ2) is 6.48. The summed E-state index contributed by atoms with van der Waals surface area (Å²) in [5, 5.41) is 12.2. The minimum Gasteiger partial charge on any atom is -0.493 e. The Morgan fingerprint density at radius 2 is 1.76 bits per heavy atom. The van der Waals surface area contributed by atoms with Crippen molar-refractivity contribution in [3.05, 3.63) is 36.2 Å². The standard InChI is InChI=1S/C15H15N3O3/c1-19-13-6-11(7-14(20-2)15(13)21-3)18-12-9-17-5-4-10(12)8-16/h4-7,9,18H,1-3H3. The van der Waals surface area contributed by atoms with Crippen LogP contribution in [-0.2, 0) is 0 Å². The Kier molecular flexibility index (Phi) is 4.46. The smallest absolute Gasteiger partial charge is 0.203 e. The van der Waals surface area contributed by atoms with Crippen LogP contribution in [-0.4, -0.2) is 26.3 Å². The minimum atomic E-state index is 0.499. The Morgan fingerprint density at radius 1 is 1.10 bits per heavy atom. The third-order valence-corrected chi connectivity index (χ3v) is 2.89. The summed E-state index contributed by atoms with van der Waals surface area (Å²) in [6, 6.07) is 7.26. The highest BCUT2D eigenvalue weighted by atomic mass is 16.5. The summed E-state index contributed by atoms with van der Waals surface area (Å²) in [7, 11) is 4.64. The van der Waals surface area contributed by atoms with E-state index in [0.29, 0.717) is 34.2 Å². The number of hydrogen-bond acceptors (Lipinski definition) is 6. The highest BCUT2D eigenvalue weighted by molar-refractivity contribution is 5.70. The predicted octanol–water partition coefficient (Wildman–Crippen LogP) is 2.72. The largest absolute Gasteiger partial charge is 0.493 e. The predicted molar refractivity (Wildman–Crippen MR) is 78.3 cm³/mol. The Balaban J connectivity index is 2.43. The molecule has 0 saturated carbocycles. The maximum atomic E-state index is 9.09. The van der Waals surface area contributed by atoms with Gasteiger partial charge in [0.2, 0.25) is 5.75 Å². The fourth-order valence-electron chi connectivity index (χ4n) is 1.90. The van der Waals surface area contributed by atoms with Crippen molar-refractivity contribution in [3.8, 4) is 23.3 Å². The van der Waals surface area contributed by atoms with Gasteiger partial charge in [-0.05, 0) is 6.07 Å². The fourth-order valence-corrected chi connectivity index (χ4v) is 1.90. The molecule has 2 rings (SSSR count). The van der Waals surface area contributed by atoms with Crippen LogP contribution in [0.1, 0.15) is 5.56 Å². The highest BCUT2D eigenvalue weighted by Gasteiger charge is 2.14. The van der Waals surface area contributed by atoms with Crippen LogP contribution in [0.5, 0.6) is 17.2 Å². The van der Waals surface area contributed by atoms with Gasteiger partial charge in [-0.1, -0.05) is 0 Å². The van der Waals surface area contributed by atoms with E-state index in [-0.39, 0.29) is 0 Å². The van der Waals surface area contributed by atoms with E-state index in [4.69, 9.17) is 19.5 Å². The molecule has 108 valence electrons. The molecule has 0 atom stereocenters. The topological polar surface area (TPSA) is 76.4 Å². The summed E-state index contributed by atoms with van der Waals surface area (Å²) in [6.45, 7) is 0. The third kappa shape index (κ3) is 2.98. The molecule has 0 aliphatic rings. The quantitative estimate of drug-likeness (QED) is 0.910. The summed E-state index contributed by atoms with van der Waals surface area (Å²) in [6.07, 6.45) is 3.15. The zero-order chi connectivity index (χ0) is 15.2. The number of methoxy groups -OCH3 is 3. The van der Waals surface area contributed by atoms with E-state index in [1.165, 1.54) is 0 Å². The second-order valence-corrected chi connectivity index (χ2v) is 4.07. The van der Waals surface area contributed by atoms with Crippen LogP contribution in [0, 0.1) is 11.3 Å². The van der Waals surface area contributed by atoms with Gasteiger partial charge in [0, 0.05) is 24.0 Å². The van der Waals surface area contributed by atoms with Gasteiger partial charge in [0.05, 0.1) is 38.8 Å². The molecule has 1 N–H and O–H groups in total. The van der Waals surface area contributed by atoms with Crippen LogP contribution >= 0.6 is 0 Å². The van der Waals surface area contributed by atoms with Crippen molar-refractivity contribution in [2.24, 2.45) is 0 Å². The van der Waals surface area contributed by atoms with Gasteiger partial charge in [0.1, 0.15) is 6.07 Å². The van der Waals surface area contributed by atoms with Gasteiger partial charge in [0.15, 0.2) is 11.5 Å². The number of nitriles is 1. The van der Waals surface area contributed by atoms with E-state index < -0.39 is 0 Å². The lowest BCUT2D eigenvalue weighted by Crippen LogP contribution is -1.99. The van der Waals surface area contributed by atoms with Crippen LogP contribution in [0.15, 0.2) is 30.6 Å². The van der Waals surface area contributed by atoms with Gasteiger partial charge in [-0.2, -0.15) is 5.26 Å². The van der Waals surface area contributed by atoms with Crippen molar-refractivity contribution in [2.75, 3.05) is 26.6 Å². The molecule has 21 heavy (non-hydrogen) atoms. The van der Waals surface area contributed by atoms with E-state index >= 15 is 0 Å². The lowest BCUT2D eigenvalue weighted by molar-refractivity contribution is 0.324. The molecular formula is C15H15N3O3. The van der Waals surface area contributed by atoms with Crippen molar-refractivity contribution in [1.29, 1.82) is 5.26 Å². The lowest BCUT2D eigenvalue weighted by Gasteiger charge is -2.15. The lowest BCUT2D eigenvalue weighted by atomic mass is 10.2. The maximum absolute atomic E-state index is 9.09. The Bertz CT molecular complexity index is 655. The van der Waals surface area contributed by atoms with Gasteiger partial charge in [-0.3, -0.25) is 4.98 Å². The normalized spacial score (nSPS) is 9.62. The van der Waals surface area contributed by atoms with Crippen LogP contribution in [0.2, 0.25) is 0 Å². The summed E-state index contributed by atoms with van der Waals surface area (Å²) in [5.41, 5.74) is 1.81. The molecule has 0 bridgehead atoms. The minimum absolute atomic E-state index is 0.499. The second-order valence-electron chi connectivity index (χ2n) is 4.07. The zero-order valence-corrected chi connectivity index (χ0v) is 12.0. The fraction of sp³-hybridized carbons (Fsp3) is 0.200. The first-order valence-electron chi connectivity index (χ1n) is 6.14. The van der Waals surface area contributed by atoms with Crippen molar-refractivity contribution < 1.29 is 14.2 Å². The summed E-state index contributed by atoms with van der Waals surface area (Å²) < 4.78 is 15.8. The molecule has 1 aromatic carbocycles. The van der Waals surface area contributed by atoms with Crippen molar-refractivity contribution in [1.82, 2.24) is 4.98 Å². The highest BCUT2D eigenvalue weighted by Crippen LogP contribution is 2.40. The first kappa shape index (κ1) is 14.5. The summed E-state index contributed by atoms with van der Waals surface area (Å²) >= 11 is 0. The average molecular weight is 285 g/mol. The number of rotatable bonds is 5. The molecule has 0 radical (unpaired) electrons. The number of pyridine rings is 1. The molecule has 0 spiro atoms. The molecule has 0 saturated heterocycles. The molecule has 0 fully saturated rings. The van der Waals surface area contributed by atoms with E-state index in [9.17, 15) is 0 Å². The van der Waals surface area contributed by atoms with Gasteiger partial charge < -0.3 is 19.5 Å². The number of aromatic nitrogens is 1. The molecule has 1 heterocycles. The number of ether oxygens (including phenoxy) is 3. The Morgan fingerprint density at radius 3 is 2.29 bits per heavy atom. The van der Waals surface area contributed by atoms with E-state index in [0.717, 1.165) is 0 Å². The van der Waals surface area contributed by atoms with Crippen LogP contribution in [0.4, 0.5) is 11.4 Å². The first-order chi connectivity index (χ1) is 10.2. The monoisotopic (exact) mass is 285 g/mol. The van der Waals surface area contributed by atoms with Crippen molar-refractivity contribution in [2.45, 2.75) is 0 Å².